The topological polar surface area (TPSA) is 74.3 Å². The Morgan fingerprint density at radius 2 is 2.20 bits per heavy atom. The molecule has 0 atom stereocenters. The molecule has 1 fully saturated rings. The molecule has 0 unspecified atom stereocenters. The van der Waals surface area contributed by atoms with Gasteiger partial charge in [0, 0.05) is 20.1 Å². The van der Waals surface area contributed by atoms with Crippen molar-refractivity contribution in [2.75, 3.05) is 25.5 Å². The second-order valence-electron chi connectivity index (χ2n) is 5.05. The zero-order chi connectivity index (χ0) is 14.9. The van der Waals surface area contributed by atoms with Crippen molar-refractivity contribution in [2.45, 2.75) is 19.4 Å². The van der Waals surface area contributed by atoms with E-state index in [-0.39, 0.29) is 22.5 Å². The molecule has 2 rings (SSSR count). The third-order valence-corrected chi connectivity index (χ3v) is 3.71. The van der Waals surface area contributed by atoms with Crippen molar-refractivity contribution in [3.05, 3.63) is 22.8 Å². The summed E-state index contributed by atoms with van der Waals surface area (Å²) in [5.41, 5.74) is -0.767. The van der Waals surface area contributed by atoms with Crippen LogP contribution in [0.3, 0.4) is 0 Å². The second kappa shape index (κ2) is 5.28. The highest BCUT2D eigenvalue weighted by Gasteiger charge is 2.41. The fourth-order valence-electron chi connectivity index (χ4n) is 2.11. The summed E-state index contributed by atoms with van der Waals surface area (Å²) in [6.45, 7) is 4.27. The Balaban J connectivity index is 2.38. The van der Waals surface area contributed by atoms with Crippen LogP contribution in [0.5, 0.6) is 0 Å². The van der Waals surface area contributed by atoms with Crippen LogP contribution in [-0.4, -0.2) is 47.4 Å². The minimum Gasteiger partial charge on any atom is -0.373 e. The Bertz CT molecular complexity index is 559. The van der Waals surface area contributed by atoms with Crippen molar-refractivity contribution in [1.82, 2.24) is 15.2 Å². The van der Waals surface area contributed by atoms with E-state index in [1.54, 1.807) is 33.0 Å². The Morgan fingerprint density at radius 1 is 1.50 bits per heavy atom. The minimum atomic E-state index is -0.921. The van der Waals surface area contributed by atoms with Crippen LogP contribution in [-0.2, 0) is 4.79 Å². The molecule has 7 heteroatoms. The first-order chi connectivity index (χ1) is 9.37. The Morgan fingerprint density at radius 3 is 2.85 bits per heavy atom. The zero-order valence-corrected chi connectivity index (χ0v) is 12.4. The van der Waals surface area contributed by atoms with E-state index < -0.39 is 5.54 Å². The Kier molecular flexibility index (Phi) is 3.85. The number of halogens is 1. The van der Waals surface area contributed by atoms with Crippen LogP contribution in [0.1, 0.15) is 24.3 Å². The molecule has 108 valence electrons. The van der Waals surface area contributed by atoms with Gasteiger partial charge in [0.25, 0.3) is 5.91 Å². The van der Waals surface area contributed by atoms with Crippen molar-refractivity contribution in [2.24, 2.45) is 0 Å². The quantitative estimate of drug-likeness (QED) is 0.858. The number of pyridine rings is 1. The van der Waals surface area contributed by atoms with Crippen molar-refractivity contribution in [3.63, 3.8) is 0 Å². The number of amides is 2. The van der Waals surface area contributed by atoms with E-state index in [2.05, 4.69) is 15.6 Å². The number of carbonyl (C=O) groups is 2. The summed E-state index contributed by atoms with van der Waals surface area (Å²) < 4.78 is 0. The van der Waals surface area contributed by atoms with Gasteiger partial charge in [0.15, 0.2) is 0 Å². The molecular weight excluding hydrogens is 280 g/mol. The fraction of sp³-hybridized carbons (Fsp3) is 0.462. The van der Waals surface area contributed by atoms with E-state index in [1.165, 1.54) is 4.90 Å². The van der Waals surface area contributed by atoms with Crippen LogP contribution in [0.25, 0.3) is 0 Å². The largest absolute Gasteiger partial charge is 0.373 e. The summed E-state index contributed by atoms with van der Waals surface area (Å²) in [4.78, 5) is 30.2. The van der Waals surface area contributed by atoms with Gasteiger partial charge in [-0.05, 0) is 26.0 Å². The smallest absolute Gasteiger partial charge is 0.275 e. The molecule has 0 aromatic carbocycles. The van der Waals surface area contributed by atoms with Gasteiger partial charge < -0.3 is 15.5 Å². The van der Waals surface area contributed by atoms with E-state index in [0.717, 1.165) is 0 Å². The molecule has 0 aliphatic carbocycles. The van der Waals surface area contributed by atoms with Crippen molar-refractivity contribution >= 4 is 29.2 Å². The van der Waals surface area contributed by atoms with E-state index in [4.69, 9.17) is 11.6 Å². The minimum absolute atomic E-state index is 0.154. The summed E-state index contributed by atoms with van der Waals surface area (Å²) in [6, 6.07) is 3.30. The van der Waals surface area contributed by atoms with Crippen LogP contribution >= 0.6 is 11.6 Å². The lowest BCUT2D eigenvalue weighted by atomic mass is 9.98. The molecule has 0 saturated carbocycles. The van der Waals surface area contributed by atoms with Gasteiger partial charge in [0.1, 0.15) is 17.1 Å². The highest BCUT2D eigenvalue weighted by molar-refractivity contribution is 6.33. The summed E-state index contributed by atoms with van der Waals surface area (Å²) in [6.07, 6.45) is 0. The van der Waals surface area contributed by atoms with Gasteiger partial charge in [-0.25, -0.2) is 4.98 Å². The Labute approximate surface area is 122 Å². The molecule has 1 saturated heterocycles. The fourth-order valence-corrected chi connectivity index (χ4v) is 2.30. The number of carbonyl (C=O) groups excluding carboxylic acids is 2. The van der Waals surface area contributed by atoms with E-state index in [0.29, 0.717) is 18.9 Å². The maximum atomic E-state index is 12.6. The first-order valence-corrected chi connectivity index (χ1v) is 6.70. The summed E-state index contributed by atoms with van der Waals surface area (Å²) in [7, 11) is 1.71. The standard InChI is InChI=1S/C13H17ClN4O2/c1-13(2)12(20)16-6-7-18(13)11(19)10-8(14)4-5-9(15-3)17-10/h4-5H,6-7H2,1-3H3,(H,15,17)(H,16,20). The van der Waals surface area contributed by atoms with Crippen LogP contribution in [0.4, 0.5) is 5.82 Å². The van der Waals surface area contributed by atoms with E-state index in [1.807, 2.05) is 0 Å². The first-order valence-electron chi connectivity index (χ1n) is 6.32. The van der Waals surface area contributed by atoms with Crippen molar-refractivity contribution < 1.29 is 9.59 Å². The number of nitrogens with zero attached hydrogens (tertiary/aromatic N) is 2. The predicted molar refractivity (Wildman–Crippen MR) is 76.9 cm³/mol. The predicted octanol–water partition coefficient (Wildman–Crippen LogP) is 1.13. The Hall–Kier alpha value is -1.82. The van der Waals surface area contributed by atoms with Crippen LogP contribution in [0, 0.1) is 0 Å². The number of nitrogens with one attached hydrogen (secondary N) is 2. The number of rotatable bonds is 2. The van der Waals surface area contributed by atoms with Crippen LogP contribution < -0.4 is 10.6 Å². The molecule has 1 aliphatic rings. The highest BCUT2D eigenvalue weighted by Crippen LogP contribution is 2.24. The lowest BCUT2D eigenvalue weighted by Gasteiger charge is -2.41. The molecule has 1 aliphatic heterocycles. The van der Waals surface area contributed by atoms with Crippen molar-refractivity contribution in [3.8, 4) is 0 Å². The van der Waals surface area contributed by atoms with Crippen molar-refractivity contribution in [1.29, 1.82) is 0 Å². The normalized spacial score (nSPS) is 17.6. The zero-order valence-electron chi connectivity index (χ0n) is 11.7. The van der Waals surface area contributed by atoms with Gasteiger partial charge in [0.05, 0.1) is 5.02 Å². The SMILES string of the molecule is CNc1ccc(Cl)c(C(=O)N2CCNC(=O)C2(C)C)n1. The molecule has 20 heavy (non-hydrogen) atoms. The third kappa shape index (κ3) is 2.43. The lowest BCUT2D eigenvalue weighted by molar-refractivity contribution is -0.133. The number of aromatic nitrogens is 1. The molecule has 6 nitrogen and oxygen atoms in total. The number of hydrogen-bond acceptors (Lipinski definition) is 4. The number of piperazine rings is 1. The van der Waals surface area contributed by atoms with E-state index in [9.17, 15) is 9.59 Å². The maximum Gasteiger partial charge on any atom is 0.275 e. The highest BCUT2D eigenvalue weighted by atomic mass is 35.5. The molecule has 1 aromatic rings. The lowest BCUT2D eigenvalue weighted by Crippen LogP contribution is -2.63. The third-order valence-electron chi connectivity index (χ3n) is 3.40. The van der Waals surface area contributed by atoms with Gasteiger partial charge in [0.2, 0.25) is 5.91 Å². The molecule has 1 aromatic heterocycles. The molecular formula is C13H17ClN4O2. The van der Waals surface area contributed by atoms with Gasteiger partial charge in [-0.1, -0.05) is 11.6 Å². The molecule has 2 N–H and O–H groups in total. The van der Waals surface area contributed by atoms with Crippen LogP contribution in [0.15, 0.2) is 12.1 Å². The summed E-state index contributed by atoms with van der Waals surface area (Å²) in [5.74, 6) is 0.0296. The second-order valence-corrected chi connectivity index (χ2v) is 5.46. The maximum absolute atomic E-state index is 12.6. The number of anilines is 1. The summed E-state index contributed by atoms with van der Waals surface area (Å²) >= 11 is 6.06. The van der Waals surface area contributed by atoms with Crippen LogP contribution in [0.2, 0.25) is 5.02 Å². The van der Waals surface area contributed by atoms with Gasteiger partial charge in [-0.3, -0.25) is 9.59 Å². The van der Waals surface area contributed by atoms with Gasteiger partial charge in [-0.15, -0.1) is 0 Å². The first kappa shape index (κ1) is 14.6. The summed E-state index contributed by atoms with van der Waals surface area (Å²) in [5, 5.41) is 5.88. The number of hydrogen-bond donors (Lipinski definition) is 2. The van der Waals surface area contributed by atoms with E-state index >= 15 is 0 Å². The molecule has 2 heterocycles. The average Bonchev–Trinajstić information content (AvgIpc) is 2.41. The van der Waals surface area contributed by atoms with Gasteiger partial charge in [-0.2, -0.15) is 0 Å². The molecule has 0 bridgehead atoms. The van der Waals surface area contributed by atoms with Gasteiger partial charge >= 0.3 is 0 Å². The monoisotopic (exact) mass is 296 g/mol. The average molecular weight is 297 g/mol. The molecule has 0 spiro atoms. The molecule has 0 radical (unpaired) electrons. The molecule has 2 amide bonds.